The van der Waals surface area contributed by atoms with Crippen molar-refractivity contribution in [2.24, 2.45) is 0 Å². The molecule has 0 saturated carbocycles. The van der Waals surface area contributed by atoms with Crippen LogP contribution in [0.4, 0.5) is 30.4 Å². The lowest BCUT2D eigenvalue weighted by Gasteiger charge is -2.26. The predicted octanol–water partition coefficient (Wildman–Crippen LogP) is 6.56. The van der Waals surface area contributed by atoms with E-state index in [2.05, 4.69) is 20.9 Å². The maximum atomic E-state index is 14.3. The first-order valence-electron chi connectivity index (χ1n) is 16.5. The summed E-state index contributed by atoms with van der Waals surface area (Å²) in [6, 6.07) is 18.1. The number of nitrogens with one attached hydrogen (secondary N) is 3. The molecule has 0 spiro atoms. The number of amides is 2. The molecule has 53 heavy (non-hydrogen) atoms. The molecule has 1 heterocycles. The van der Waals surface area contributed by atoms with Gasteiger partial charge in [0.15, 0.2) is 11.5 Å². The third-order valence-corrected chi connectivity index (χ3v) is 7.18. The van der Waals surface area contributed by atoms with Crippen LogP contribution in [0.2, 0.25) is 0 Å². The maximum absolute atomic E-state index is 14.3. The molecule has 4 rings (SSSR count). The highest BCUT2D eigenvalue weighted by Gasteiger charge is 2.38. The maximum Gasteiger partial charge on any atom is 0.490 e. The standard InChI is InChI=1S/C35H41N5O6.C2HF3O2/c1-6-44-31-19-25(11-14-30(31)46-21(3)4)33(39-27-12-13-28-23(17-27)15-16-37-34(28)36)35(43)40-29(20-32(42)45-7-2)24-9-8-10-26(18-24)38-22(5)41;3-2(4,5)1(6)7/h8-19,21,29,33,39H,6-7,20H2,1-5H3,(H2,36,37)(H,38,41)(H,40,43);(H,6,7)/t29-,33?;/m1./s1. The summed E-state index contributed by atoms with van der Waals surface area (Å²) in [5.41, 5.74) is 8.49. The molecule has 0 aliphatic rings. The van der Waals surface area contributed by atoms with Gasteiger partial charge in [-0.25, -0.2) is 9.78 Å². The number of carboxylic acid groups (broad SMARTS) is 1. The van der Waals surface area contributed by atoms with Gasteiger partial charge in [-0.15, -0.1) is 0 Å². The summed E-state index contributed by atoms with van der Waals surface area (Å²) >= 11 is 0. The Hall–Kier alpha value is -6.06. The number of carbonyl (C=O) groups is 4. The van der Waals surface area contributed by atoms with Crippen LogP contribution < -0.4 is 31.2 Å². The van der Waals surface area contributed by atoms with Gasteiger partial charge in [-0.1, -0.05) is 18.2 Å². The Labute approximate surface area is 304 Å². The van der Waals surface area contributed by atoms with E-state index in [1.54, 1.807) is 55.6 Å². The fourth-order valence-corrected chi connectivity index (χ4v) is 5.01. The molecule has 0 radical (unpaired) electrons. The SMILES string of the molecule is CCOC(=O)C[C@@H](NC(=O)C(Nc1ccc2c(N)nccc2c1)c1ccc(OC(C)C)c(OCC)c1)c1cccc(NC(C)=O)c1.O=C(O)C(F)(F)F. The molecule has 2 atom stereocenters. The minimum absolute atomic E-state index is 0.0845. The van der Waals surface area contributed by atoms with E-state index >= 15 is 0 Å². The number of benzene rings is 3. The Bertz CT molecular complexity index is 1900. The Kier molecular flexibility index (Phi) is 14.8. The zero-order chi connectivity index (χ0) is 39.3. The molecular formula is C37H42F3N5O8. The summed E-state index contributed by atoms with van der Waals surface area (Å²) in [6.07, 6.45) is -3.66. The molecule has 6 N–H and O–H groups in total. The Morgan fingerprint density at radius 1 is 0.906 bits per heavy atom. The lowest BCUT2D eigenvalue weighted by atomic mass is 10.00. The second kappa shape index (κ2) is 19.0. The topological polar surface area (TPSA) is 191 Å². The number of hydrogen-bond donors (Lipinski definition) is 5. The average molecular weight is 742 g/mol. The van der Waals surface area contributed by atoms with Gasteiger partial charge < -0.3 is 41.0 Å². The molecule has 0 aliphatic carbocycles. The van der Waals surface area contributed by atoms with Crippen molar-refractivity contribution < 1.29 is 51.7 Å². The van der Waals surface area contributed by atoms with Crippen LogP contribution in [0.25, 0.3) is 10.8 Å². The lowest BCUT2D eigenvalue weighted by molar-refractivity contribution is -0.192. The zero-order valence-electron chi connectivity index (χ0n) is 29.7. The number of hydrogen-bond acceptors (Lipinski definition) is 10. The number of carboxylic acids is 1. The van der Waals surface area contributed by atoms with Crippen molar-refractivity contribution in [2.45, 2.75) is 65.4 Å². The van der Waals surface area contributed by atoms with Crippen molar-refractivity contribution in [1.82, 2.24) is 10.3 Å². The monoisotopic (exact) mass is 741 g/mol. The predicted molar refractivity (Wildman–Crippen MR) is 192 cm³/mol. The highest BCUT2D eigenvalue weighted by atomic mass is 19.4. The number of carbonyl (C=O) groups excluding carboxylic acids is 3. The van der Waals surface area contributed by atoms with E-state index in [1.807, 2.05) is 45.0 Å². The molecule has 2 amide bonds. The molecule has 0 saturated heterocycles. The number of halogens is 3. The third kappa shape index (κ3) is 12.6. The van der Waals surface area contributed by atoms with E-state index in [9.17, 15) is 27.6 Å². The van der Waals surface area contributed by atoms with Crippen LogP contribution in [0.5, 0.6) is 11.5 Å². The molecular weight excluding hydrogens is 699 g/mol. The normalized spacial score (nSPS) is 12.1. The van der Waals surface area contributed by atoms with Crippen LogP contribution in [0.3, 0.4) is 0 Å². The highest BCUT2D eigenvalue weighted by molar-refractivity contribution is 5.94. The number of pyridine rings is 1. The molecule has 13 nitrogen and oxygen atoms in total. The van der Waals surface area contributed by atoms with Crippen LogP contribution in [0.1, 0.15) is 64.3 Å². The van der Waals surface area contributed by atoms with Gasteiger partial charge in [0.1, 0.15) is 11.9 Å². The molecule has 1 aromatic heterocycles. The summed E-state index contributed by atoms with van der Waals surface area (Å²) in [5, 5.41) is 17.9. The number of rotatable bonds is 14. The number of ether oxygens (including phenoxy) is 3. The summed E-state index contributed by atoms with van der Waals surface area (Å²) in [6.45, 7) is 9.45. The number of nitrogens with zero attached hydrogens (tertiary/aromatic N) is 1. The molecule has 0 bridgehead atoms. The van der Waals surface area contributed by atoms with E-state index in [0.717, 1.165) is 10.8 Å². The number of fused-ring (bicyclic) bond motifs is 1. The quantitative estimate of drug-likeness (QED) is 0.0880. The minimum atomic E-state index is -5.08. The second-order valence-electron chi connectivity index (χ2n) is 11.7. The molecule has 0 aliphatic heterocycles. The van der Waals surface area contributed by atoms with Crippen molar-refractivity contribution >= 4 is 51.7 Å². The molecule has 1 unspecified atom stereocenters. The van der Waals surface area contributed by atoms with Gasteiger partial charge in [-0.3, -0.25) is 14.4 Å². The molecule has 284 valence electrons. The Morgan fingerprint density at radius 2 is 1.62 bits per heavy atom. The van der Waals surface area contributed by atoms with Crippen molar-refractivity contribution in [1.29, 1.82) is 0 Å². The molecule has 3 aromatic carbocycles. The second-order valence-corrected chi connectivity index (χ2v) is 11.7. The number of nitrogens with two attached hydrogens (primary N) is 1. The van der Waals surface area contributed by atoms with Crippen LogP contribution >= 0.6 is 0 Å². The summed E-state index contributed by atoms with van der Waals surface area (Å²) < 4.78 is 48.8. The van der Waals surface area contributed by atoms with Gasteiger partial charge in [-0.2, -0.15) is 13.2 Å². The van der Waals surface area contributed by atoms with Gasteiger partial charge in [0.25, 0.3) is 0 Å². The number of anilines is 3. The smallest absolute Gasteiger partial charge is 0.490 e. The van der Waals surface area contributed by atoms with Crippen molar-refractivity contribution in [3.05, 3.63) is 84.1 Å². The number of nitrogen functional groups attached to an aromatic ring is 1. The fourth-order valence-electron chi connectivity index (χ4n) is 5.01. The van der Waals surface area contributed by atoms with Gasteiger partial charge in [0.2, 0.25) is 11.8 Å². The summed E-state index contributed by atoms with van der Waals surface area (Å²) in [5.74, 6) is -2.42. The first-order chi connectivity index (χ1) is 25.0. The average Bonchev–Trinajstić information content (AvgIpc) is 3.07. The van der Waals surface area contributed by atoms with Crippen LogP contribution in [0.15, 0.2) is 72.9 Å². The van der Waals surface area contributed by atoms with Gasteiger partial charge in [0.05, 0.1) is 31.8 Å². The zero-order valence-corrected chi connectivity index (χ0v) is 29.7. The first-order valence-corrected chi connectivity index (χ1v) is 16.5. The molecule has 0 fully saturated rings. The van der Waals surface area contributed by atoms with E-state index in [4.69, 9.17) is 29.8 Å². The third-order valence-electron chi connectivity index (χ3n) is 7.18. The number of aromatic nitrogens is 1. The summed E-state index contributed by atoms with van der Waals surface area (Å²) in [4.78, 5) is 51.7. The van der Waals surface area contributed by atoms with Crippen molar-refractivity contribution in [3.63, 3.8) is 0 Å². The van der Waals surface area contributed by atoms with Crippen LogP contribution in [-0.2, 0) is 23.9 Å². The summed E-state index contributed by atoms with van der Waals surface area (Å²) in [7, 11) is 0. The first kappa shape index (κ1) is 41.4. The number of aliphatic carboxylic acids is 1. The van der Waals surface area contributed by atoms with Crippen molar-refractivity contribution in [2.75, 3.05) is 29.6 Å². The van der Waals surface area contributed by atoms with E-state index < -0.39 is 36.1 Å². The Morgan fingerprint density at radius 3 is 2.25 bits per heavy atom. The highest BCUT2D eigenvalue weighted by Crippen LogP contribution is 2.34. The molecule has 4 aromatic rings. The van der Waals surface area contributed by atoms with Gasteiger partial charge in [-0.05, 0) is 92.7 Å². The number of alkyl halides is 3. The number of esters is 1. The minimum Gasteiger partial charge on any atom is -0.490 e. The van der Waals surface area contributed by atoms with Crippen LogP contribution in [0, 0.1) is 0 Å². The van der Waals surface area contributed by atoms with E-state index in [0.29, 0.717) is 46.4 Å². The van der Waals surface area contributed by atoms with E-state index in [-0.39, 0.29) is 25.0 Å². The van der Waals surface area contributed by atoms with Crippen molar-refractivity contribution in [3.8, 4) is 11.5 Å². The Balaban J connectivity index is 0.000000980. The largest absolute Gasteiger partial charge is 0.490 e. The van der Waals surface area contributed by atoms with Gasteiger partial charge in [0, 0.05) is 29.9 Å². The van der Waals surface area contributed by atoms with Gasteiger partial charge >= 0.3 is 18.1 Å². The molecule has 16 heteroatoms. The van der Waals surface area contributed by atoms with E-state index in [1.165, 1.54) is 6.92 Å². The lowest BCUT2D eigenvalue weighted by Crippen LogP contribution is -2.37. The fraction of sp³-hybridized carbons (Fsp3) is 0.324. The van der Waals surface area contributed by atoms with Crippen LogP contribution in [-0.4, -0.2) is 59.3 Å².